The molecule has 1 fully saturated rings. The van der Waals surface area contributed by atoms with Gasteiger partial charge in [0.05, 0.1) is 5.41 Å². The molecule has 0 unspecified atom stereocenters. The Kier molecular flexibility index (Phi) is 6.26. The second kappa shape index (κ2) is 7.47. The summed E-state index contributed by atoms with van der Waals surface area (Å²) in [5, 5.41) is 14.4. The van der Waals surface area contributed by atoms with Gasteiger partial charge in [0, 0.05) is 19.1 Å². The first-order valence-corrected chi connectivity index (χ1v) is 7.33. The molecule has 20 heavy (non-hydrogen) atoms. The highest BCUT2D eigenvalue weighted by Crippen LogP contribution is 2.45. The lowest BCUT2D eigenvalue weighted by Gasteiger charge is -2.20. The maximum atomic E-state index is 11.5. The molecule has 6 heteroatoms. The number of rotatable bonds is 9. The topological polar surface area (TPSA) is 81.7 Å². The van der Waals surface area contributed by atoms with Crippen LogP contribution in [0.2, 0.25) is 0 Å². The van der Waals surface area contributed by atoms with Gasteiger partial charge >= 0.3 is 12.0 Å². The fourth-order valence-corrected chi connectivity index (χ4v) is 1.88. The van der Waals surface area contributed by atoms with E-state index < -0.39 is 11.4 Å². The van der Waals surface area contributed by atoms with Crippen molar-refractivity contribution in [2.45, 2.75) is 45.6 Å². The first-order chi connectivity index (χ1) is 9.37. The van der Waals surface area contributed by atoms with Gasteiger partial charge in [-0.15, -0.1) is 0 Å². The zero-order valence-electron chi connectivity index (χ0n) is 12.7. The first kappa shape index (κ1) is 16.8. The van der Waals surface area contributed by atoms with Crippen LogP contribution < -0.4 is 10.6 Å². The van der Waals surface area contributed by atoms with Crippen LogP contribution in [0.15, 0.2) is 0 Å². The van der Waals surface area contributed by atoms with E-state index in [1.165, 1.54) is 0 Å². The summed E-state index contributed by atoms with van der Waals surface area (Å²) < 4.78 is 0. The molecule has 1 aliphatic rings. The SMILES string of the molecule is CC(C)N(C)CCCCNC(=O)NCC1(C(=O)O)CC1. The smallest absolute Gasteiger partial charge is 0.314 e. The van der Waals surface area contributed by atoms with Gasteiger partial charge in [-0.1, -0.05) is 0 Å². The normalized spacial score (nSPS) is 16.2. The lowest BCUT2D eigenvalue weighted by atomic mass is 10.1. The molecule has 0 aromatic rings. The fourth-order valence-electron chi connectivity index (χ4n) is 1.88. The third-order valence-electron chi connectivity index (χ3n) is 4.00. The number of carbonyl (C=O) groups excluding carboxylic acids is 1. The number of carboxylic acid groups (broad SMARTS) is 1. The minimum Gasteiger partial charge on any atom is -0.481 e. The average molecular weight is 285 g/mol. The van der Waals surface area contributed by atoms with E-state index in [4.69, 9.17) is 5.11 Å². The molecule has 1 aliphatic carbocycles. The molecule has 2 amide bonds. The summed E-state index contributed by atoms with van der Waals surface area (Å²) in [6, 6.07) is 0.270. The lowest BCUT2D eigenvalue weighted by Crippen LogP contribution is -2.41. The van der Waals surface area contributed by atoms with Gasteiger partial charge in [-0.2, -0.15) is 0 Å². The molecule has 6 nitrogen and oxygen atoms in total. The Labute approximate surface area is 120 Å². The highest BCUT2D eigenvalue weighted by atomic mass is 16.4. The molecule has 0 bridgehead atoms. The molecule has 1 rings (SSSR count). The van der Waals surface area contributed by atoms with Gasteiger partial charge < -0.3 is 20.6 Å². The zero-order valence-corrected chi connectivity index (χ0v) is 12.7. The second-order valence-electron chi connectivity index (χ2n) is 5.98. The monoisotopic (exact) mass is 285 g/mol. The Balaban J connectivity index is 2.02. The number of nitrogens with zero attached hydrogens (tertiary/aromatic N) is 1. The van der Waals surface area contributed by atoms with Crippen molar-refractivity contribution in [3.05, 3.63) is 0 Å². The quantitative estimate of drug-likeness (QED) is 0.557. The highest BCUT2D eigenvalue weighted by molar-refractivity contribution is 5.80. The van der Waals surface area contributed by atoms with Crippen molar-refractivity contribution < 1.29 is 14.7 Å². The molecule has 0 aliphatic heterocycles. The molecule has 3 N–H and O–H groups in total. The number of hydrogen-bond donors (Lipinski definition) is 3. The van der Waals surface area contributed by atoms with Gasteiger partial charge in [0.15, 0.2) is 0 Å². The van der Waals surface area contributed by atoms with E-state index in [0.29, 0.717) is 25.4 Å². The number of unbranched alkanes of at least 4 members (excludes halogenated alkanes) is 1. The minimum absolute atomic E-state index is 0.226. The summed E-state index contributed by atoms with van der Waals surface area (Å²) >= 11 is 0. The summed E-state index contributed by atoms with van der Waals surface area (Å²) in [5.41, 5.74) is -0.697. The Morgan fingerprint density at radius 1 is 1.25 bits per heavy atom. The van der Waals surface area contributed by atoms with Crippen LogP contribution in [0, 0.1) is 5.41 Å². The molecule has 0 saturated heterocycles. The largest absolute Gasteiger partial charge is 0.481 e. The van der Waals surface area contributed by atoms with E-state index in [2.05, 4.69) is 36.4 Å². The van der Waals surface area contributed by atoms with E-state index in [0.717, 1.165) is 19.4 Å². The van der Waals surface area contributed by atoms with E-state index in [9.17, 15) is 9.59 Å². The number of urea groups is 1. The number of amides is 2. The molecular formula is C14H27N3O3. The molecular weight excluding hydrogens is 258 g/mol. The molecule has 0 radical (unpaired) electrons. The second-order valence-corrected chi connectivity index (χ2v) is 5.98. The van der Waals surface area contributed by atoms with Crippen molar-refractivity contribution in [2.75, 3.05) is 26.7 Å². The van der Waals surface area contributed by atoms with Gasteiger partial charge in [-0.05, 0) is 53.1 Å². The summed E-state index contributed by atoms with van der Waals surface area (Å²) in [7, 11) is 2.09. The van der Waals surface area contributed by atoms with Crippen molar-refractivity contribution >= 4 is 12.0 Å². The van der Waals surface area contributed by atoms with E-state index in [-0.39, 0.29) is 12.6 Å². The molecule has 0 spiro atoms. The first-order valence-electron chi connectivity index (χ1n) is 7.33. The number of aliphatic carboxylic acids is 1. The summed E-state index contributed by atoms with van der Waals surface area (Å²) in [6.07, 6.45) is 3.27. The minimum atomic E-state index is -0.811. The van der Waals surface area contributed by atoms with Crippen LogP contribution in [0.4, 0.5) is 4.79 Å². The predicted molar refractivity (Wildman–Crippen MR) is 77.7 cm³/mol. The summed E-state index contributed by atoms with van der Waals surface area (Å²) in [5.74, 6) is -0.811. The van der Waals surface area contributed by atoms with E-state index >= 15 is 0 Å². The van der Waals surface area contributed by atoms with Crippen LogP contribution in [0.1, 0.15) is 39.5 Å². The number of carbonyl (C=O) groups is 2. The molecule has 116 valence electrons. The third kappa shape index (κ3) is 5.36. The van der Waals surface area contributed by atoms with Gasteiger partial charge in [-0.25, -0.2) is 4.79 Å². The van der Waals surface area contributed by atoms with E-state index in [1.54, 1.807) is 0 Å². The van der Waals surface area contributed by atoms with Crippen molar-refractivity contribution in [3.8, 4) is 0 Å². The van der Waals surface area contributed by atoms with Crippen LogP contribution in [0.5, 0.6) is 0 Å². The fraction of sp³-hybridized carbons (Fsp3) is 0.857. The van der Waals surface area contributed by atoms with Crippen LogP contribution >= 0.6 is 0 Å². The Morgan fingerprint density at radius 2 is 1.90 bits per heavy atom. The Bertz CT molecular complexity index is 341. The van der Waals surface area contributed by atoms with Gasteiger partial charge in [0.2, 0.25) is 0 Å². The van der Waals surface area contributed by atoms with Crippen molar-refractivity contribution in [1.82, 2.24) is 15.5 Å². The molecule has 0 atom stereocenters. The molecule has 0 aromatic carbocycles. The molecule has 0 aromatic heterocycles. The lowest BCUT2D eigenvalue weighted by molar-refractivity contribution is -0.143. The average Bonchev–Trinajstić information content (AvgIpc) is 3.16. The molecule has 0 heterocycles. The maximum Gasteiger partial charge on any atom is 0.314 e. The van der Waals surface area contributed by atoms with Crippen LogP contribution in [-0.2, 0) is 4.79 Å². The third-order valence-corrected chi connectivity index (χ3v) is 4.00. The highest BCUT2D eigenvalue weighted by Gasteiger charge is 2.50. The van der Waals surface area contributed by atoms with Crippen molar-refractivity contribution in [2.24, 2.45) is 5.41 Å². The standard InChI is InChI=1S/C14H27N3O3/c1-11(2)17(3)9-5-4-8-15-13(20)16-10-14(6-7-14)12(18)19/h11H,4-10H2,1-3H3,(H,18,19)(H2,15,16,20). The molecule has 1 saturated carbocycles. The van der Waals surface area contributed by atoms with Crippen LogP contribution in [0.25, 0.3) is 0 Å². The van der Waals surface area contributed by atoms with Gasteiger partial charge in [-0.3, -0.25) is 4.79 Å². The van der Waals surface area contributed by atoms with Gasteiger partial charge in [0.25, 0.3) is 0 Å². The Hall–Kier alpha value is -1.30. The summed E-state index contributed by atoms with van der Waals surface area (Å²) in [6.45, 7) is 6.18. The Morgan fingerprint density at radius 3 is 2.40 bits per heavy atom. The van der Waals surface area contributed by atoms with Crippen LogP contribution in [0.3, 0.4) is 0 Å². The number of hydrogen-bond acceptors (Lipinski definition) is 3. The predicted octanol–water partition coefficient (Wildman–Crippen LogP) is 1.27. The van der Waals surface area contributed by atoms with E-state index in [1.807, 2.05) is 0 Å². The number of nitrogens with one attached hydrogen (secondary N) is 2. The van der Waals surface area contributed by atoms with Crippen molar-refractivity contribution in [3.63, 3.8) is 0 Å². The van der Waals surface area contributed by atoms with Crippen molar-refractivity contribution in [1.29, 1.82) is 0 Å². The van der Waals surface area contributed by atoms with Gasteiger partial charge in [0.1, 0.15) is 0 Å². The summed E-state index contributed by atoms with van der Waals surface area (Å²) in [4.78, 5) is 24.7. The number of carboxylic acids is 1. The maximum absolute atomic E-state index is 11.5. The van der Waals surface area contributed by atoms with Crippen LogP contribution in [-0.4, -0.2) is 54.7 Å². The zero-order chi connectivity index (χ0) is 15.2.